The predicted molar refractivity (Wildman–Crippen MR) is 100 cm³/mol. The summed E-state index contributed by atoms with van der Waals surface area (Å²) in [4.78, 5) is 14.8. The summed E-state index contributed by atoms with van der Waals surface area (Å²) in [5.74, 6) is 0.0601. The zero-order valence-corrected chi connectivity index (χ0v) is 15.9. The van der Waals surface area contributed by atoms with Crippen LogP contribution < -0.4 is 9.62 Å². The fourth-order valence-corrected chi connectivity index (χ4v) is 5.12. The molecule has 138 valence electrons. The van der Waals surface area contributed by atoms with Gasteiger partial charge in [-0.25, -0.2) is 8.42 Å². The Kier molecular flexibility index (Phi) is 5.01. The average molecular weight is 386 g/mol. The first-order valence-corrected chi connectivity index (χ1v) is 10.4. The van der Waals surface area contributed by atoms with E-state index in [-0.39, 0.29) is 18.3 Å². The number of carbonyl (C=O) groups excluding carboxylic acids is 1. The molecule has 0 aliphatic carbocycles. The number of anilines is 1. The van der Waals surface area contributed by atoms with Crippen LogP contribution in [0.1, 0.15) is 35.2 Å². The van der Waals surface area contributed by atoms with Crippen molar-refractivity contribution in [2.45, 2.75) is 37.8 Å². The lowest BCUT2D eigenvalue weighted by atomic mass is 10.1. The summed E-state index contributed by atoms with van der Waals surface area (Å²) in [5.41, 5.74) is 2.33. The first-order valence-electron chi connectivity index (χ1n) is 8.58. The molecule has 2 atom stereocenters. The number of benzene rings is 1. The van der Waals surface area contributed by atoms with Crippen molar-refractivity contribution in [1.29, 1.82) is 0 Å². The Labute approximate surface area is 155 Å². The Balaban J connectivity index is 0.00000182. The molecule has 4 rings (SSSR count). The van der Waals surface area contributed by atoms with E-state index in [2.05, 4.69) is 5.32 Å². The van der Waals surface area contributed by atoms with E-state index in [4.69, 9.17) is 0 Å². The number of carbonyl (C=O) groups is 1. The van der Waals surface area contributed by atoms with Gasteiger partial charge in [-0.1, -0.05) is 0 Å². The minimum Gasteiger partial charge on any atom is -0.337 e. The largest absolute Gasteiger partial charge is 0.337 e. The van der Waals surface area contributed by atoms with Gasteiger partial charge in [0, 0.05) is 37.3 Å². The predicted octanol–water partition coefficient (Wildman–Crippen LogP) is 1.40. The fourth-order valence-electron chi connectivity index (χ4n) is 4.16. The van der Waals surface area contributed by atoms with Crippen LogP contribution in [0.2, 0.25) is 0 Å². The van der Waals surface area contributed by atoms with Crippen molar-refractivity contribution < 1.29 is 13.2 Å². The fraction of sp³-hybridized carbons (Fsp3) is 0.588. The molecule has 6 nitrogen and oxygen atoms in total. The number of halogens is 1. The van der Waals surface area contributed by atoms with Crippen LogP contribution in [-0.2, 0) is 16.4 Å². The Morgan fingerprint density at radius 2 is 1.92 bits per heavy atom. The molecule has 1 aromatic carbocycles. The van der Waals surface area contributed by atoms with Crippen LogP contribution in [0, 0.1) is 0 Å². The Morgan fingerprint density at radius 1 is 1.16 bits per heavy atom. The Hall–Kier alpha value is -1.31. The molecule has 1 N–H and O–H groups in total. The minimum absolute atomic E-state index is 0. The van der Waals surface area contributed by atoms with Gasteiger partial charge >= 0.3 is 0 Å². The molecular weight excluding hydrogens is 362 g/mol. The third-order valence-electron chi connectivity index (χ3n) is 5.39. The molecule has 0 radical (unpaired) electrons. The molecule has 2 saturated heterocycles. The number of nitrogens with zero attached hydrogens (tertiary/aromatic N) is 2. The summed E-state index contributed by atoms with van der Waals surface area (Å²) in [6.45, 7) is 2.02. The molecule has 2 bridgehead atoms. The standard InChI is InChI=1S/C17H23N3O3S.ClH/c1-24(22,23)20-9-6-12-10-13(2-5-16(12)20)17(21)19-8-7-14-3-4-15(11-19)18-14;/h2,5,10,14-15,18H,3-4,6-9,11H2,1H3;1H. The normalized spacial score (nSPS) is 25.3. The number of sulfonamides is 1. The van der Waals surface area contributed by atoms with E-state index in [1.165, 1.54) is 17.0 Å². The maximum absolute atomic E-state index is 12.9. The Bertz CT molecular complexity index is 783. The van der Waals surface area contributed by atoms with Gasteiger partial charge < -0.3 is 10.2 Å². The number of hydrogen-bond donors (Lipinski definition) is 1. The highest BCUT2D eigenvalue weighted by atomic mass is 35.5. The maximum atomic E-state index is 12.9. The smallest absolute Gasteiger partial charge is 0.253 e. The molecule has 3 aliphatic heterocycles. The highest BCUT2D eigenvalue weighted by Crippen LogP contribution is 2.31. The van der Waals surface area contributed by atoms with Gasteiger partial charge in [0.1, 0.15) is 0 Å². The quantitative estimate of drug-likeness (QED) is 0.835. The van der Waals surface area contributed by atoms with Crippen LogP contribution >= 0.6 is 12.4 Å². The highest BCUT2D eigenvalue weighted by molar-refractivity contribution is 7.92. The molecular formula is C17H24ClN3O3S. The van der Waals surface area contributed by atoms with Gasteiger partial charge in [-0.15, -0.1) is 12.4 Å². The van der Waals surface area contributed by atoms with E-state index in [9.17, 15) is 13.2 Å². The topological polar surface area (TPSA) is 69.7 Å². The first kappa shape index (κ1) is 18.5. The van der Waals surface area contributed by atoms with Crippen LogP contribution in [0.3, 0.4) is 0 Å². The lowest BCUT2D eigenvalue weighted by molar-refractivity contribution is 0.0748. The maximum Gasteiger partial charge on any atom is 0.253 e. The summed E-state index contributed by atoms with van der Waals surface area (Å²) >= 11 is 0. The van der Waals surface area contributed by atoms with Crippen molar-refractivity contribution in [2.24, 2.45) is 0 Å². The molecule has 2 unspecified atom stereocenters. The van der Waals surface area contributed by atoms with E-state index in [0.717, 1.165) is 31.5 Å². The summed E-state index contributed by atoms with van der Waals surface area (Å²) in [7, 11) is -3.25. The molecule has 0 saturated carbocycles. The second-order valence-corrected chi connectivity index (χ2v) is 9.01. The molecule has 2 fully saturated rings. The monoisotopic (exact) mass is 385 g/mol. The number of amides is 1. The Morgan fingerprint density at radius 3 is 2.68 bits per heavy atom. The van der Waals surface area contributed by atoms with Crippen LogP contribution in [-0.4, -0.2) is 57.2 Å². The molecule has 0 spiro atoms. The molecule has 3 heterocycles. The highest BCUT2D eigenvalue weighted by Gasteiger charge is 2.32. The lowest BCUT2D eigenvalue weighted by Crippen LogP contribution is -2.39. The van der Waals surface area contributed by atoms with Crippen LogP contribution in [0.4, 0.5) is 5.69 Å². The number of likely N-dealkylation sites (tertiary alicyclic amines) is 1. The number of fused-ring (bicyclic) bond motifs is 3. The zero-order valence-electron chi connectivity index (χ0n) is 14.3. The van der Waals surface area contributed by atoms with Crippen LogP contribution in [0.25, 0.3) is 0 Å². The summed E-state index contributed by atoms with van der Waals surface area (Å²) in [5, 5.41) is 3.59. The van der Waals surface area contributed by atoms with Gasteiger partial charge in [0.25, 0.3) is 5.91 Å². The third kappa shape index (κ3) is 3.50. The number of rotatable bonds is 2. The average Bonchev–Trinajstić information content (AvgIpc) is 3.08. The lowest BCUT2D eigenvalue weighted by Gasteiger charge is -2.24. The third-order valence-corrected chi connectivity index (χ3v) is 6.57. The van der Waals surface area contributed by atoms with E-state index in [0.29, 0.717) is 36.3 Å². The molecule has 8 heteroatoms. The summed E-state index contributed by atoms with van der Waals surface area (Å²) < 4.78 is 25.1. The SMILES string of the molecule is CS(=O)(=O)N1CCc2cc(C(=O)N3CCC4CCC(C3)N4)ccc21.Cl. The van der Waals surface area contributed by atoms with Crippen molar-refractivity contribution >= 4 is 34.0 Å². The van der Waals surface area contributed by atoms with E-state index in [1.54, 1.807) is 12.1 Å². The zero-order chi connectivity index (χ0) is 16.9. The summed E-state index contributed by atoms with van der Waals surface area (Å²) in [6.07, 6.45) is 5.25. The molecule has 1 aromatic rings. The van der Waals surface area contributed by atoms with Crippen LogP contribution in [0.5, 0.6) is 0 Å². The summed E-state index contributed by atoms with van der Waals surface area (Å²) in [6, 6.07) is 6.38. The van der Waals surface area contributed by atoms with Gasteiger partial charge in [0.15, 0.2) is 0 Å². The van der Waals surface area contributed by atoms with Gasteiger partial charge in [0.05, 0.1) is 11.9 Å². The van der Waals surface area contributed by atoms with E-state index >= 15 is 0 Å². The molecule has 1 amide bonds. The van der Waals surface area contributed by atoms with Crippen LogP contribution in [0.15, 0.2) is 18.2 Å². The number of nitrogens with one attached hydrogen (secondary N) is 1. The van der Waals surface area contributed by atoms with Gasteiger partial charge in [-0.2, -0.15) is 0 Å². The van der Waals surface area contributed by atoms with Crippen molar-refractivity contribution in [1.82, 2.24) is 10.2 Å². The van der Waals surface area contributed by atoms with E-state index < -0.39 is 10.0 Å². The molecule has 3 aliphatic rings. The van der Waals surface area contributed by atoms with Crippen molar-refractivity contribution in [3.05, 3.63) is 29.3 Å². The molecule has 25 heavy (non-hydrogen) atoms. The first-order chi connectivity index (χ1) is 11.4. The number of hydrogen-bond acceptors (Lipinski definition) is 4. The minimum atomic E-state index is -3.25. The van der Waals surface area contributed by atoms with Gasteiger partial charge in [-0.05, 0) is 49.4 Å². The van der Waals surface area contributed by atoms with Gasteiger partial charge in [-0.3, -0.25) is 9.10 Å². The molecule has 0 aromatic heterocycles. The van der Waals surface area contributed by atoms with E-state index in [1.807, 2.05) is 11.0 Å². The van der Waals surface area contributed by atoms with Crippen molar-refractivity contribution in [3.8, 4) is 0 Å². The second-order valence-electron chi connectivity index (χ2n) is 7.11. The van der Waals surface area contributed by atoms with Crippen molar-refractivity contribution in [2.75, 3.05) is 30.2 Å². The van der Waals surface area contributed by atoms with Crippen molar-refractivity contribution in [3.63, 3.8) is 0 Å². The van der Waals surface area contributed by atoms with Gasteiger partial charge in [0.2, 0.25) is 10.0 Å². The second kappa shape index (κ2) is 6.78.